The molecule has 0 spiro atoms. The van der Waals surface area contributed by atoms with Crippen molar-refractivity contribution in [1.29, 1.82) is 0 Å². The van der Waals surface area contributed by atoms with Gasteiger partial charge in [-0.05, 0) is 36.6 Å². The fraction of sp³-hybridized carbons (Fsp3) is 0.450. The van der Waals surface area contributed by atoms with Gasteiger partial charge in [0.15, 0.2) is 0 Å². The number of nitrogens with zero attached hydrogens (tertiary/aromatic N) is 3. The average molecular weight is 369 g/mol. The normalized spacial score (nSPS) is 21.1. The Morgan fingerprint density at radius 3 is 2.77 bits per heavy atom. The summed E-state index contributed by atoms with van der Waals surface area (Å²) in [5.41, 5.74) is 4.30. The number of hydrogen-bond acceptors (Lipinski definition) is 5. The Balaban J connectivity index is 1.53. The van der Waals surface area contributed by atoms with Gasteiger partial charge in [0.2, 0.25) is 5.96 Å². The topological polar surface area (TPSA) is 57.6 Å². The van der Waals surface area contributed by atoms with E-state index in [1.54, 1.807) is 23.3 Å². The van der Waals surface area contributed by atoms with Gasteiger partial charge in [0, 0.05) is 13.1 Å². The SMILES string of the molecule is CN1C(=O)/C(=C/c2ccc3ncsc3c2)N=C1NC1CCCCCCC1. The van der Waals surface area contributed by atoms with Crippen LogP contribution in [-0.4, -0.2) is 34.8 Å². The number of rotatable bonds is 2. The first-order chi connectivity index (χ1) is 12.7. The molecule has 0 atom stereocenters. The van der Waals surface area contributed by atoms with Gasteiger partial charge in [-0.25, -0.2) is 9.98 Å². The van der Waals surface area contributed by atoms with Crippen molar-refractivity contribution >= 4 is 39.5 Å². The molecule has 26 heavy (non-hydrogen) atoms. The Morgan fingerprint density at radius 2 is 1.96 bits per heavy atom. The molecule has 1 N–H and O–H groups in total. The minimum Gasteiger partial charge on any atom is -0.353 e. The highest BCUT2D eigenvalue weighted by Gasteiger charge is 2.28. The van der Waals surface area contributed by atoms with Crippen molar-refractivity contribution in [1.82, 2.24) is 15.2 Å². The summed E-state index contributed by atoms with van der Waals surface area (Å²) in [6, 6.07) is 6.44. The first-order valence-electron chi connectivity index (χ1n) is 9.39. The van der Waals surface area contributed by atoms with Crippen LogP contribution in [0, 0.1) is 0 Å². The molecule has 1 aromatic heterocycles. The van der Waals surface area contributed by atoms with Gasteiger partial charge in [-0.3, -0.25) is 9.69 Å². The van der Waals surface area contributed by atoms with E-state index >= 15 is 0 Å². The van der Waals surface area contributed by atoms with E-state index in [2.05, 4.69) is 21.4 Å². The quantitative estimate of drug-likeness (QED) is 0.810. The van der Waals surface area contributed by atoms with Gasteiger partial charge in [0.25, 0.3) is 5.91 Å². The molecule has 6 heteroatoms. The zero-order valence-electron chi connectivity index (χ0n) is 15.1. The molecule has 0 bridgehead atoms. The average Bonchev–Trinajstić information content (AvgIpc) is 3.17. The predicted octanol–water partition coefficient (Wildman–Crippen LogP) is 4.17. The molecule has 136 valence electrons. The van der Waals surface area contributed by atoms with Crippen LogP contribution in [0.4, 0.5) is 0 Å². The monoisotopic (exact) mass is 368 g/mol. The molecular weight excluding hydrogens is 344 g/mol. The molecule has 2 heterocycles. The number of carbonyl (C=O) groups is 1. The number of thiazole rings is 1. The lowest BCUT2D eigenvalue weighted by atomic mass is 9.97. The largest absolute Gasteiger partial charge is 0.353 e. The highest BCUT2D eigenvalue weighted by molar-refractivity contribution is 7.16. The first-order valence-corrected chi connectivity index (χ1v) is 10.3. The van der Waals surface area contributed by atoms with E-state index in [-0.39, 0.29) is 5.91 Å². The fourth-order valence-corrected chi connectivity index (χ4v) is 4.36. The van der Waals surface area contributed by atoms with E-state index in [0.717, 1.165) is 28.6 Å². The van der Waals surface area contributed by atoms with Crippen LogP contribution in [0.1, 0.15) is 50.5 Å². The van der Waals surface area contributed by atoms with Gasteiger partial charge in [-0.15, -0.1) is 11.3 Å². The van der Waals surface area contributed by atoms with E-state index in [9.17, 15) is 4.79 Å². The number of amides is 1. The summed E-state index contributed by atoms with van der Waals surface area (Å²) in [6.45, 7) is 0. The lowest BCUT2D eigenvalue weighted by Crippen LogP contribution is -2.43. The smallest absolute Gasteiger partial charge is 0.279 e. The van der Waals surface area contributed by atoms with Gasteiger partial charge in [0.05, 0.1) is 15.7 Å². The fourth-order valence-electron chi connectivity index (χ4n) is 3.63. The Kier molecular flexibility index (Phi) is 5.02. The molecule has 1 saturated carbocycles. The molecular formula is C20H24N4OS. The maximum absolute atomic E-state index is 12.6. The molecule has 2 aromatic rings. The van der Waals surface area contributed by atoms with Crippen LogP contribution in [0.2, 0.25) is 0 Å². The van der Waals surface area contributed by atoms with Crippen LogP contribution < -0.4 is 5.32 Å². The highest BCUT2D eigenvalue weighted by Crippen LogP contribution is 2.23. The van der Waals surface area contributed by atoms with Crippen LogP contribution in [0.3, 0.4) is 0 Å². The van der Waals surface area contributed by atoms with E-state index in [1.165, 1.54) is 32.1 Å². The number of fused-ring (bicyclic) bond motifs is 1. The molecule has 1 aliphatic carbocycles. The molecule has 4 rings (SSSR count). The Hall–Kier alpha value is -2.21. The Labute approximate surface area is 157 Å². The minimum absolute atomic E-state index is 0.0530. The minimum atomic E-state index is -0.0530. The summed E-state index contributed by atoms with van der Waals surface area (Å²) in [4.78, 5) is 23.1. The summed E-state index contributed by atoms with van der Waals surface area (Å²) in [6.07, 6.45) is 10.6. The number of carbonyl (C=O) groups excluding carboxylic acids is 1. The van der Waals surface area contributed by atoms with Crippen molar-refractivity contribution in [2.24, 2.45) is 4.99 Å². The standard InChI is InChI=1S/C20H24N4OS/c1-24-19(25)17(11-14-9-10-16-18(12-14)26-13-21-16)23-20(24)22-15-7-5-3-2-4-6-8-15/h9-13,15H,2-8H2,1H3,(H,22,23)/b17-11-. The maximum atomic E-state index is 12.6. The second kappa shape index (κ2) is 7.58. The van der Waals surface area contributed by atoms with Crippen LogP contribution in [0.5, 0.6) is 0 Å². The van der Waals surface area contributed by atoms with Crippen LogP contribution >= 0.6 is 11.3 Å². The lowest BCUT2D eigenvalue weighted by molar-refractivity contribution is -0.121. The molecule has 1 aromatic carbocycles. The predicted molar refractivity (Wildman–Crippen MR) is 107 cm³/mol. The number of guanidine groups is 1. The van der Waals surface area contributed by atoms with Gasteiger partial charge in [-0.1, -0.05) is 38.2 Å². The molecule has 5 nitrogen and oxygen atoms in total. The maximum Gasteiger partial charge on any atom is 0.279 e. The van der Waals surface area contributed by atoms with Crippen molar-refractivity contribution < 1.29 is 4.79 Å². The lowest BCUT2D eigenvalue weighted by Gasteiger charge is -2.23. The number of hydrogen-bond donors (Lipinski definition) is 1. The second-order valence-corrected chi connectivity index (χ2v) is 7.98. The third-order valence-corrected chi connectivity index (χ3v) is 5.96. The van der Waals surface area contributed by atoms with Gasteiger partial charge in [-0.2, -0.15) is 0 Å². The molecule has 0 saturated heterocycles. The van der Waals surface area contributed by atoms with E-state index in [1.807, 2.05) is 23.7 Å². The number of nitrogens with one attached hydrogen (secondary N) is 1. The van der Waals surface area contributed by atoms with Crippen molar-refractivity contribution in [2.45, 2.75) is 51.0 Å². The number of aliphatic imine (C=N–C) groups is 1. The zero-order chi connectivity index (χ0) is 17.9. The summed E-state index contributed by atoms with van der Waals surface area (Å²) < 4.78 is 1.12. The molecule has 1 aliphatic heterocycles. The van der Waals surface area contributed by atoms with E-state index < -0.39 is 0 Å². The van der Waals surface area contributed by atoms with Crippen LogP contribution in [-0.2, 0) is 4.79 Å². The Bertz CT molecular complexity index is 862. The first kappa shape index (κ1) is 17.2. The van der Waals surface area contributed by atoms with Gasteiger partial charge in [0.1, 0.15) is 5.70 Å². The van der Waals surface area contributed by atoms with Gasteiger partial charge >= 0.3 is 0 Å². The van der Waals surface area contributed by atoms with Crippen molar-refractivity contribution in [2.75, 3.05) is 7.05 Å². The number of benzene rings is 1. The summed E-state index contributed by atoms with van der Waals surface area (Å²) in [5, 5.41) is 3.51. The molecule has 1 fully saturated rings. The summed E-state index contributed by atoms with van der Waals surface area (Å²) in [7, 11) is 1.80. The molecule has 0 unspecified atom stereocenters. The van der Waals surface area contributed by atoms with E-state index in [4.69, 9.17) is 0 Å². The summed E-state index contributed by atoms with van der Waals surface area (Å²) >= 11 is 1.60. The second-order valence-electron chi connectivity index (χ2n) is 7.10. The third kappa shape index (κ3) is 3.65. The highest BCUT2D eigenvalue weighted by atomic mass is 32.1. The Morgan fingerprint density at radius 1 is 1.19 bits per heavy atom. The van der Waals surface area contributed by atoms with Crippen molar-refractivity contribution in [3.63, 3.8) is 0 Å². The third-order valence-electron chi connectivity index (χ3n) is 5.16. The van der Waals surface area contributed by atoms with Crippen LogP contribution in [0.15, 0.2) is 34.4 Å². The van der Waals surface area contributed by atoms with Crippen molar-refractivity contribution in [3.8, 4) is 0 Å². The van der Waals surface area contributed by atoms with Crippen molar-refractivity contribution in [3.05, 3.63) is 35.0 Å². The molecule has 2 aliphatic rings. The number of likely N-dealkylation sites (N-methyl/N-ethyl adjacent to an activating group) is 1. The number of aromatic nitrogens is 1. The van der Waals surface area contributed by atoms with Crippen LogP contribution in [0.25, 0.3) is 16.3 Å². The zero-order valence-corrected chi connectivity index (χ0v) is 15.9. The van der Waals surface area contributed by atoms with E-state index in [0.29, 0.717) is 17.7 Å². The summed E-state index contributed by atoms with van der Waals surface area (Å²) in [5.74, 6) is 0.633. The van der Waals surface area contributed by atoms with Gasteiger partial charge < -0.3 is 5.32 Å². The molecule has 0 radical (unpaired) electrons. The molecule has 1 amide bonds.